The first-order chi connectivity index (χ1) is 12.3. The van der Waals surface area contributed by atoms with Gasteiger partial charge in [0.15, 0.2) is 0 Å². The van der Waals surface area contributed by atoms with Gasteiger partial charge in [0.05, 0.1) is 24.0 Å². The maximum absolute atomic E-state index is 13.0. The van der Waals surface area contributed by atoms with Crippen LogP contribution in [-0.2, 0) is 6.54 Å². The molecule has 0 unspecified atom stereocenters. The molecule has 1 N–H and O–H groups in total. The fourth-order valence-electron chi connectivity index (χ4n) is 3.23. The van der Waals surface area contributed by atoms with Gasteiger partial charge in [0, 0.05) is 11.8 Å². The van der Waals surface area contributed by atoms with Crippen LogP contribution in [0.4, 0.5) is 10.2 Å². The minimum absolute atomic E-state index is 0.257. The van der Waals surface area contributed by atoms with Gasteiger partial charge in [-0.3, -0.25) is 4.68 Å². The number of rotatable bonds is 5. The number of hydrogen-bond donors (Lipinski definition) is 1. The summed E-state index contributed by atoms with van der Waals surface area (Å²) >= 11 is 0. The zero-order valence-corrected chi connectivity index (χ0v) is 13.9. The zero-order valence-electron chi connectivity index (χ0n) is 13.9. The van der Waals surface area contributed by atoms with Gasteiger partial charge in [-0.1, -0.05) is 12.8 Å². The van der Waals surface area contributed by atoms with Crippen LogP contribution in [-0.4, -0.2) is 20.0 Å². The smallest absolute Gasteiger partial charge is 0.149 e. The van der Waals surface area contributed by atoms with Gasteiger partial charge < -0.3 is 5.32 Å². The van der Waals surface area contributed by atoms with Crippen LogP contribution in [0.5, 0.6) is 0 Å². The molecule has 0 saturated heterocycles. The largest absolute Gasteiger partial charge is 0.363 e. The number of halogens is 1. The van der Waals surface area contributed by atoms with Crippen molar-refractivity contribution in [3.63, 3.8) is 0 Å². The van der Waals surface area contributed by atoms with Crippen LogP contribution in [0.3, 0.4) is 0 Å². The van der Waals surface area contributed by atoms with Gasteiger partial charge in [0.1, 0.15) is 11.6 Å². The summed E-state index contributed by atoms with van der Waals surface area (Å²) in [7, 11) is 0. The van der Waals surface area contributed by atoms with E-state index in [1.807, 2.05) is 18.2 Å². The lowest BCUT2D eigenvalue weighted by atomic mass is 10.1. The van der Waals surface area contributed by atoms with Crippen molar-refractivity contribution in [2.45, 2.75) is 38.3 Å². The molecule has 3 aromatic rings. The van der Waals surface area contributed by atoms with Crippen LogP contribution in [0.1, 0.15) is 37.4 Å². The van der Waals surface area contributed by atoms with Crippen molar-refractivity contribution in [3.8, 4) is 11.3 Å². The van der Waals surface area contributed by atoms with Gasteiger partial charge in [-0.25, -0.2) is 4.39 Å². The molecule has 0 atom stereocenters. The van der Waals surface area contributed by atoms with Crippen LogP contribution in [0, 0.1) is 5.82 Å². The summed E-state index contributed by atoms with van der Waals surface area (Å²) in [4.78, 5) is 0. The highest BCUT2D eigenvalue weighted by Crippen LogP contribution is 2.28. The summed E-state index contributed by atoms with van der Waals surface area (Å²) in [5.41, 5.74) is 2.56. The molecule has 6 heteroatoms. The Morgan fingerprint density at radius 1 is 1.00 bits per heavy atom. The number of aromatic nitrogens is 4. The molecule has 128 valence electrons. The Labute approximate surface area is 145 Å². The van der Waals surface area contributed by atoms with Crippen LogP contribution in [0.25, 0.3) is 11.3 Å². The normalized spacial score (nSPS) is 14.8. The van der Waals surface area contributed by atoms with Gasteiger partial charge in [-0.2, -0.15) is 5.10 Å². The van der Waals surface area contributed by atoms with Crippen LogP contribution < -0.4 is 5.32 Å². The second kappa shape index (κ2) is 7.01. The Morgan fingerprint density at radius 2 is 1.80 bits per heavy atom. The van der Waals surface area contributed by atoms with Crippen LogP contribution in [0.2, 0.25) is 0 Å². The third-order valence-corrected chi connectivity index (χ3v) is 4.62. The second-order valence-electron chi connectivity index (χ2n) is 6.39. The van der Waals surface area contributed by atoms with Crippen molar-refractivity contribution >= 4 is 5.82 Å². The SMILES string of the molecule is Fc1ccc(-c2ccc(NCc3ccn(C4CCCC4)n3)nn2)cc1. The number of anilines is 1. The Balaban J connectivity index is 1.37. The van der Waals surface area contributed by atoms with Crippen molar-refractivity contribution in [2.75, 3.05) is 5.32 Å². The predicted octanol–water partition coefficient (Wildman–Crippen LogP) is 4.21. The maximum atomic E-state index is 13.0. The maximum Gasteiger partial charge on any atom is 0.149 e. The van der Waals surface area contributed by atoms with Gasteiger partial charge in [-0.15, -0.1) is 10.2 Å². The molecule has 1 aliphatic carbocycles. The third kappa shape index (κ3) is 3.68. The Hall–Kier alpha value is -2.76. The number of nitrogens with one attached hydrogen (secondary N) is 1. The van der Waals surface area contributed by atoms with E-state index in [4.69, 9.17) is 0 Å². The molecule has 0 radical (unpaired) electrons. The van der Waals surface area contributed by atoms with E-state index in [0.29, 0.717) is 18.4 Å². The third-order valence-electron chi connectivity index (χ3n) is 4.62. The van der Waals surface area contributed by atoms with Crippen LogP contribution >= 0.6 is 0 Å². The van der Waals surface area contributed by atoms with Crippen molar-refractivity contribution in [1.82, 2.24) is 20.0 Å². The fraction of sp³-hybridized carbons (Fsp3) is 0.316. The van der Waals surface area contributed by atoms with Gasteiger partial charge in [0.25, 0.3) is 0 Å². The molecule has 2 aromatic heterocycles. The minimum atomic E-state index is -0.257. The van der Waals surface area contributed by atoms with E-state index in [-0.39, 0.29) is 5.82 Å². The lowest BCUT2D eigenvalue weighted by molar-refractivity contribution is 0.463. The highest BCUT2D eigenvalue weighted by molar-refractivity contribution is 5.59. The molecule has 0 amide bonds. The molecule has 0 aliphatic heterocycles. The number of benzene rings is 1. The summed E-state index contributed by atoms with van der Waals surface area (Å²) in [6.07, 6.45) is 7.12. The van der Waals surface area contributed by atoms with E-state index in [1.54, 1.807) is 12.1 Å². The highest BCUT2D eigenvalue weighted by Gasteiger charge is 2.17. The van der Waals surface area contributed by atoms with Crippen molar-refractivity contribution in [1.29, 1.82) is 0 Å². The summed E-state index contributed by atoms with van der Waals surface area (Å²) < 4.78 is 15.1. The first kappa shape index (κ1) is 15.7. The summed E-state index contributed by atoms with van der Waals surface area (Å²) in [6.45, 7) is 0.615. The topological polar surface area (TPSA) is 55.6 Å². The Kier molecular flexibility index (Phi) is 4.41. The van der Waals surface area contributed by atoms with E-state index in [9.17, 15) is 4.39 Å². The van der Waals surface area contributed by atoms with Crippen LogP contribution in [0.15, 0.2) is 48.7 Å². The molecule has 0 spiro atoms. The molecule has 4 rings (SSSR count). The predicted molar refractivity (Wildman–Crippen MR) is 94.5 cm³/mol. The lowest BCUT2D eigenvalue weighted by Crippen LogP contribution is -2.07. The Morgan fingerprint density at radius 3 is 2.52 bits per heavy atom. The van der Waals surface area contributed by atoms with E-state index in [2.05, 4.69) is 31.5 Å². The lowest BCUT2D eigenvalue weighted by Gasteiger charge is -2.09. The molecular weight excluding hydrogens is 317 g/mol. The highest BCUT2D eigenvalue weighted by atomic mass is 19.1. The molecule has 2 heterocycles. The van der Waals surface area contributed by atoms with E-state index in [1.165, 1.54) is 37.8 Å². The van der Waals surface area contributed by atoms with Gasteiger partial charge >= 0.3 is 0 Å². The van der Waals surface area contributed by atoms with Crippen molar-refractivity contribution in [2.24, 2.45) is 0 Å². The van der Waals surface area contributed by atoms with Gasteiger partial charge in [0.2, 0.25) is 0 Å². The average molecular weight is 337 g/mol. The van der Waals surface area contributed by atoms with E-state index >= 15 is 0 Å². The average Bonchev–Trinajstić information content (AvgIpc) is 3.33. The number of nitrogens with zero attached hydrogens (tertiary/aromatic N) is 4. The van der Waals surface area contributed by atoms with E-state index in [0.717, 1.165) is 17.0 Å². The monoisotopic (exact) mass is 337 g/mol. The molecule has 25 heavy (non-hydrogen) atoms. The van der Waals surface area contributed by atoms with Crippen molar-refractivity contribution < 1.29 is 4.39 Å². The molecular formula is C19H20FN5. The minimum Gasteiger partial charge on any atom is -0.363 e. The molecule has 1 aromatic carbocycles. The van der Waals surface area contributed by atoms with Crippen molar-refractivity contribution in [3.05, 3.63) is 60.2 Å². The second-order valence-corrected chi connectivity index (χ2v) is 6.39. The standard InChI is InChI=1S/C19H20FN5/c20-15-7-5-14(6-8-15)18-9-10-19(23-22-18)21-13-16-11-12-25(24-16)17-3-1-2-4-17/h5-12,17H,1-4,13H2,(H,21,23). The summed E-state index contributed by atoms with van der Waals surface area (Å²) in [5.74, 6) is 0.438. The van der Waals surface area contributed by atoms with Gasteiger partial charge in [-0.05, 0) is 55.3 Å². The molecule has 1 saturated carbocycles. The zero-order chi connectivity index (χ0) is 17.1. The molecule has 0 bridgehead atoms. The molecule has 1 aliphatic rings. The quantitative estimate of drug-likeness (QED) is 0.758. The molecule has 5 nitrogen and oxygen atoms in total. The summed E-state index contributed by atoms with van der Waals surface area (Å²) in [5, 5.41) is 16.3. The molecule has 1 fully saturated rings. The summed E-state index contributed by atoms with van der Waals surface area (Å²) in [6, 6.07) is 12.6. The Bertz CT molecular complexity index is 820. The first-order valence-corrected chi connectivity index (χ1v) is 8.65. The number of hydrogen-bond acceptors (Lipinski definition) is 4. The first-order valence-electron chi connectivity index (χ1n) is 8.65. The fourth-order valence-corrected chi connectivity index (χ4v) is 3.23. The van der Waals surface area contributed by atoms with E-state index < -0.39 is 0 Å².